The number of tetrazole rings is 1. The largest absolute Gasteiger partial charge is 0.497 e. The zero-order valence-corrected chi connectivity index (χ0v) is 23.0. The maximum absolute atomic E-state index is 11.2. The molecule has 0 saturated carbocycles. The fourth-order valence-corrected chi connectivity index (χ4v) is 5.88. The van der Waals surface area contributed by atoms with Gasteiger partial charge < -0.3 is 9.84 Å². The number of aromatic nitrogens is 4. The van der Waals surface area contributed by atoms with E-state index in [4.69, 9.17) is 4.74 Å². The molecule has 0 amide bonds. The minimum absolute atomic E-state index is 0.512. The van der Waals surface area contributed by atoms with Crippen LogP contribution in [0.4, 0.5) is 0 Å². The Hall–Kier alpha value is -4.59. The van der Waals surface area contributed by atoms with E-state index in [2.05, 4.69) is 111 Å². The van der Waals surface area contributed by atoms with Crippen molar-refractivity contribution in [3.8, 4) is 5.75 Å². The molecule has 2 heterocycles. The molecule has 1 aromatic heterocycles. The Kier molecular flexibility index (Phi) is 7.71. The summed E-state index contributed by atoms with van der Waals surface area (Å²) >= 11 is 0. The summed E-state index contributed by atoms with van der Waals surface area (Å²) in [6.07, 6.45) is 1.96. The van der Waals surface area contributed by atoms with Crippen LogP contribution in [0.3, 0.4) is 0 Å². The van der Waals surface area contributed by atoms with E-state index in [-0.39, 0.29) is 0 Å². The lowest BCUT2D eigenvalue weighted by atomic mass is 9.74. The zero-order valence-electron chi connectivity index (χ0n) is 23.0. The number of rotatable bonds is 8. The highest BCUT2D eigenvalue weighted by Gasteiger charge is 2.44. The first-order chi connectivity index (χ1) is 20.2. The lowest BCUT2D eigenvalue weighted by Gasteiger charge is -2.48. The van der Waals surface area contributed by atoms with E-state index < -0.39 is 11.6 Å². The van der Waals surface area contributed by atoms with Crippen molar-refractivity contribution in [3.63, 3.8) is 0 Å². The first-order valence-electron chi connectivity index (χ1n) is 13.9. The molecule has 7 nitrogen and oxygen atoms in total. The third-order valence-electron chi connectivity index (χ3n) is 7.89. The topological polar surface area (TPSA) is 76.3 Å². The molecule has 1 saturated heterocycles. The maximum Gasteiger partial charge on any atom is 0.175 e. The van der Waals surface area contributed by atoms with Crippen molar-refractivity contribution < 1.29 is 9.84 Å². The van der Waals surface area contributed by atoms with Crippen molar-refractivity contribution in [1.82, 2.24) is 25.1 Å². The van der Waals surface area contributed by atoms with Crippen molar-refractivity contribution in [2.75, 3.05) is 20.2 Å². The second-order valence-electron chi connectivity index (χ2n) is 10.3. The van der Waals surface area contributed by atoms with Crippen molar-refractivity contribution in [2.24, 2.45) is 0 Å². The monoisotopic (exact) mass is 543 g/mol. The SMILES string of the molecule is COc1ccc(Cn2nnnc2/C=C2\CN(C(c3ccccc3)(c3ccccc3)c3ccccc3)CCC2O)cc1. The Balaban J connectivity index is 1.41. The molecule has 1 N–H and O–H groups in total. The van der Waals surface area contributed by atoms with Crippen molar-refractivity contribution in [1.29, 1.82) is 0 Å². The lowest BCUT2D eigenvalue weighted by Crippen LogP contribution is -2.52. The highest BCUT2D eigenvalue weighted by Crippen LogP contribution is 2.44. The van der Waals surface area contributed by atoms with E-state index in [1.54, 1.807) is 11.8 Å². The van der Waals surface area contributed by atoms with Crippen LogP contribution in [0.2, 0.25) is 0 Å². The summed E-state index contributed by atoms with van der Waals surface area (Å²) in [6.45, 7) is 1.78. The lowest BCUT2D eigenvalue weighted by molar-refractivity contribution is 0.0871. The number of aliphatic hydroxyl groups is 1. The van der Waals surface area contributed by atoms with Crippen LogP contribution >= 0.6 is 0 Å². The van der Waals surface area contributed by atoms with Crippen molar-refractivity contribution >= 4 is 6.08 Å². The van der Waals surface area contributed by atoms with Gasteiger partial charge >= 0.3 is 0 Å². The third kappa shape index (κ3) is 5.29. The summed E-state index contributed by atoms with van der Waals surface area (Å²) in [5.41, 5.74) is 4.92. The molecule has 1 aliphatic heterocycles. The summed E-state index contributed by atoms with van der Waals surface area (Å²) in [7, 11) is 1.65. The minimum atomic E-state index is -0.586. The number of benzene rings is 4. The van der Waals surface area contributed by atoms with E-state index in [0.717, 1.165) is 16.9 Å². The molecule has 6 rings (SSSR count). The van der Waals surface area contributed by atoms with Gasteiger partial charge in [0.15, 0.2) is 5.82 Å². The molecular formula is C34H33N5O2. The minimum Gasteiger partial charge on any atom is -0.497 e. The molecular weight excluding hydrogens is 510 g/mol. The van der Waals surface area contributed by atoms with Crippen LogP contribution in [0.15, 0.2) is 121 Å². The second kappa shape index (κ2) is 11.9. The fraction of sp³-hybridized carbons (Fsp3) is 0.206. The van der Waals surface area contributed by atoms with Gasteiger partial charge in [-0.2, -0.15) is 0 Å². The molecule has 1 aliphatic rings. The van der Waals surface area contributed by atoms with Gasteiger partial charge in [0.2, 0.25) is 0 Å². The molecule has 1 atom stereocenters. The Labute approximate surface area is 240 Å². The number of aliphatic hydroxyl groups excluding tert-OH is 1. The summed E-state index contributed by atoms with van der Waals surface area (Å²) < 4.78 is 7.05. The van der Waals surface area contributed by atoms with Gasteiger partial charge in [0.05, 0.1) is 25.3 Å². The second-order valence-corrected chi connectivity index (χ2v) is 10.3. The first kappa shape index (κ1) is 26.6. The molecule has 0 spiro atoms. The van der Waals surface area contributed by atoms with Gasteiger partial charge in [-0.25, -0.2) is 4.68 Å². The highest BCUT2D eigenvalue weighted by atomic mass is 16.5. The van der Waals surface area contributed by atoms with Crippen LogP contribution in [0.25, 0.3) is 6.08 Å². The van der Waals surface area contributed by atoms with E-state index in [0.29, 0.717) is 31.9 Å². The molecule has 4 aromatic carbocycles. The standard InChI is InChI=1S/C34H33N5O2/c1-41-31-19-17-26(18-20-31)24-39-33(35-36-37-39)23-27-25-38(22-21-32(27)40)34(28-11-5-2-6-12-28,29-13-7-3-8-14-29)30-15-9-4-10-16-30/h2-20,23,32,40H,21-22,24-25H2,1H3/b27-23+. The average molecular weight is 544 g/mol. The number of methoxy groups -OCH3 is 1. The maximum atomic E-state index is 11.2. The van der Waals surface area contributed by atoms with Crippen LogP contribution in [0, 0.1) is 0 Å². The number of likely N-dealkylation sites (tertiary alicyclic amines) is 1. The number of hydrogen-bond acceptors (Lipinski definition) is 6. The van der Waals surface area contributed by atoms with Crippen LogP contribution in [-0.4, -0.2) is 56.5 Å². The molecule has 206 valence electrons. The van der Waals surface area contributed by atoms with Gasteiger partial charge in [-0.1, -0.05) is 103 Å². The number of nitrogens with zero attached hydrogens (tertiary/aromatic N) is 5. The van der Waals surface area contributed by atoms with Crippen LogP contribution in [0.5, 0.6) is 5.75 Å². The van der Waals surface area contributed by atoms with Gasteiger partial charge in [0.1, 0.15) is 5.75 Å². The van der Waals surface area contributed by atoms with Gasteiger partial charge in [-0.3, -0.25) is 4.90 Å². The smallest absolute Gasteiger partial charge is 0.175 e. The summed E-state index contributed by atoms with van der Waals surface area (Å²) in [5.74, 6) is 1.42. The predicted octanol–water partition coefficient (Wildman–Crippen LogP) is 5.17. The summed E-state index contributed by atoms with van der Waals surface area (Å²) in [6, 6.07) is 39.8. The fourth-order valence-electron chi connectivity index (χ4n) is 5.88. The van der Waals surface area contributed by atoms with Crippen LogP contribution < -0.4 is 4.74 Å². The van der Waals surface area contributed by atoms with Crippen molar-refractivity contribution in [3.05, 3.63) is 149 Å². The normalized spacial score (nSPS) is 17.0. The predicted molar refractivity (Wildman–Crippen MR) is 159 cm³/mol. The van der Waals surface area contributed by atoms with Crippen LogP contribution in [-0.2, 0) is 12.1 Å². The van der Waals surface area contributed by atoms with Gasteiger partial charge in [0.25, 0.3) is 0 Å². The molecule has 41 heavy (non-hydrogen) atoms. The number of hydrogen-bond donors (Lipinski definition) is 1. The summed E-state index contributed by atoms with van der Waals surface area (Å²) in [5, 5.41) is 23.7. The number of ether oxygens (including phenoxy) is 1. The van der Waals surface area contributed by atoms with E-state index >= 15 is 0 Å². The highest BCUT2D eigenvalue weighted by molar-refractivity contribution is 5.52. The van der Waals surface area contributed by atoms with Gasteiger partial charge in [-0.05, 0) is 62.9 Å². The molecule has 1 unspecified atom stereocenters. The Morgan fingerprint density at radius 3 is 1.93 bits per heavy atom. The van der Waals surface area contributed by atoms with Crippen LogP contribution in [0.1, 0.15) is 34.5 Å². The molecule has 0 radical (unpaired) electrons. The Morgan fingerprint density at radius 1 is 0.829 bits per heavy atom. The molecule has 0 aliphatic carbocycles. The first-order valence-corrected chi connectivity index (χ1v) is 13.9. The molecule has 5 aromatic rings. The molecule has 0 bridgehead atoms. The number of piperidine rings is 1. The van der Waals surface area contributed by atoms with Gasteiger partial charge in [-0.15, -0.1) is 5.10 Å². The Morgan fingerprint density at radius 2 is 1.39 bits per heavy atom. The average Bonchev–Trinajstić information content (AvgIpc) is 3.47. The third-order valence-corrected chi connectivity index (χ3v) is 7.89. The van der Waals surface area contributed by atoms with E-state index in [1.165, 1.54) is 16.7 Å². The zero-order chi connectivity index (χ0) is 28.1. The molecule has 7 heteroatoms. The van der Waals surface area contributed by atoms with E-state index in [9.17, 15) is 5.11 Å². The van der Waals surface area contributed by atoms with Gasteiger partial charge in [0, 0.05) is 13.1 Å². The van der Waals surface area contributed by atoms with Crippen molar-refractivity contribution in [2.45, 2.75) is 24.6 Å². The summed E-state index contributed by atoms with van der Waals surface area (Å²) in [4.78, 5) is 2.48. The molecule has 1 fully saturated rings. The van der Waals surface area contributed by atoms with E-state index in [1.807, 2.05) is 30.3 Å². The quantitative estimate of drug-likeness (QED) is 0.272. The Bertz CT molecular complexity index is 1490.